The third kappa shape index (κ3) is 3.87. The van der Waals surface area contributed by atoms with Crippen molar-refractivity contribution in [1.29, 1.82) is 0 Å². The fourth-order valence-corrected chi connectivity index (χ4v) is 4.80. The average molecular weight is 461 g/mol. The Kier molecular flexibility index (Phi) is 6.14. The lowest BCUT2D eigenvalue weighted by molar-refractivity contribution is -0.121. The first kappa shape index (κ1) is 22.3. The second-order valence-corrected chi connectivity index (χ2v) is 8.48. The van der Waals surface area contributed by atoms with Gasteiger partial charge in [0, 0.05) is 37.3 Å². The van der Waals surface area contributed by atoms with Gasteiger partial charge in [0.05, 0.1) is 35.7 Å². The summed E-state index contributed by atoms with van der Waals surface area (Å²) in [5.74, 6) is 0.433. The van der Waals surface area contributed by atoms with Gasteiger partial charge in [0.15, 0.2) is 5.78 Å². The third-order valence-corrected chi connectivity index (χ3v) is 6.51. The van der Waals surface area contributed by atoms with Gasteiger partial charge in [-0.15, -0.1) is 0 Å². The van der Waals surface area contributed by atoms with Crippen molar-refractivity contribution in [3.05, 3.63) is 53.6 Å². The van der Waals surface area contributed by atoms with Crippen molar-refractivity contribution >= 4 is 17.4 Å². The van der Waals surface area contributed by atoms with Gasteiger partial charge in [-0.2, -0.15) is 5.10 Å². The Morgan fingerprint density at radius 1 is 1.18 bits per heavy atom. The number of piperazine rings is 1. The number of hydrogen-bond acceptors (Lipinski definition) is 7. The number of ether oxygens (including phenoxy) is 1. The number of carbonyl (C=O) groups excluding carboxylic acids is 2. The Hall–Kier alpha value is -3.53. The van der Waals surface area contributed by atoms with Crippen LogP contribution in [0.2, 0.25) is 0 Å². The summed E-state index contributed by atoms with van der Waals surface area (Å²) in [5.41, 5.74) is 10.1. The van der Waals surface area contributed by atoms with Gasteiger partial charge in [-0.05, 0) is 43.3 Å². The standard InChI is InChI=1S/C25H28N6O3/c1-34-16-7-5-15(6-8-16)22-21-23(30-29-22)17-3-2-4-18(20(17)24(21)32)28-25(33)19(9-10-26)31-13-11-27-12-14-31/h2-8,19,27H,9-14,26H2,1H3,(H,28,33)(H,29,30). The lowest BCUT2D eigenvalue weighted by Crippen LogP contribution is -2.53. The summed E-state index contributed by atoms with van der Waals surface area (Å²) in [5, 5.41) is 13.8. The van der Waals surface area contributed by atoms with Crippen LogP contribution in [0.4, 0.5) is 5.69 Å². The van der Waals surface area contributed by atoms with Crippen molar-refractivity contribution in [2.24, 2.45) is 5.73 Å². The lowest BCUT2D eigenvalue weighted by atomic mass is 10.0. The normalized spacial score (nSPS) is 16.1. The molecule has 9 nitrogen and oxygen atoms in total. The maximum Gasteiger partial charge on any atom is 0.241 e. The van der Waals surface area contributed by atoms with Crippen LogP contribution in [0.3, 0.4) is 0 Å². The number of anilines is 1. The predicted octanol–water partition coefficient (Wildman–Crippen LogP) is 1.86. The molecule has 1 saturated heterocycles. The molecule has 1 aromatic heterocycles. The fourth-order valence-electron chi connectivity index (χ4n) is 4.80. The summed E-state index contributed by atoms with van der Waals surface area (Å²) >= 11 is 0. The number of ketones is 1. The molecule has 0 bridgehead atoms. The van der Waals surface area contributed by atoms with Crippen molar-refractivity contribution in [3.63, 3.8) is 0 Å². The Morgan fingerprint density at radius 2 is 1.94 bits per heavy atom. The monoisotopic (exact) mass is 460 g/mol. The van der Waals surface area contributed by atoms with E-state index in [9.17, 15) is 9.59 Å². The number of nitrogens with one attached hydrogen (secondary N) is 3. The maximum absolute atomic E-state index is 13.6. The zero-order chi connectivity index (χ0) is 23.7. The molecule has 9 heteroatoms. The van der Waals surface area contributed by atoms with Crippen LogP contribution in [0, 0.1) is 0 Å². The predicted molar refractivity (Wildman–Crippen MR) is 130 cm³/mol. The van der Waals surface area contributed by atoms with Crippen molar-refractivity contribution in [3.8, 4) is 28.3 Å². The Labute approximate surface area is 197 Å². The number of aromatic nitrogens is 2. The topological polar surface area (TPSA) is 125 Å². The smallest absolute Gasteiger partial charge is 0.241 e. The van der Waals surface area contributed by atoms with Gasteiger partial charge in [0.25, 0.3) is 0 Å². The molecule has 1 fully saturated rings. The van der Waals surface area contributed by atoms with Crippen LogP contribution in [-0.2, 0) is 4.79 Å². The summed E-state index contributed by atoms with van der Waals surface area (Å²) in [6.07, 6.45) is 0.555. The number of amides is 1. The number of hydrogen-bond donors (Lipinski definition) is 4. The van der Waals surface area contributed by atoms with Crippen LogP contribution in [-0.4, -0.2) is 72.7 Å². The summed E-state index contributed by atoms with van der Waals surface area (Å²) in [6.45, 7) is 3.65. The summed E-state index contributed by atoms with van der Waals surface area (Å²) in [4.78, 5) is 29.0. The average Bonchev–Trinajstić information content (AvgIpc) is 3.43. The maximum atomic E-state index is 13.6. The molecule has 34 heavy (non-hydrogen) atoms. The number of nitrogens with two attached hydrogens (primary N) is 1. The number of benzene rings is 2. The highest BCUT2D eigenvalue weighted by molar-refractivity contribution is 6.27. The van der Waals surface area contributed by atoms with Crippen LogP contribution < -0.4 is 21.1 Å². The number of methoxy groups -OCH3 is 1. The van der Waals surface area contributed by atoms with Gasteiger partial charge in [-0.3, -0.25) is 19.6 Å². The van der Waals surface area contributed by atoms with Gasteiger partial charge in [0.1, 0.15) is 11.4 Å². The minimum atomic E-state index is -0.339. The minimum Gasteiger partial charge on any atom is -0.497 e. The number of fused-ring (bicyclic) bond motifs is 3. The van der Waals surface area contributed by atoms with E-state index in [1.165, 1.54) is 0 Å². The molecule has 2 aliphatic rings. The molecule has 2 aromatic carbocycles. The van der Waals surface area contributed by atoms with Crippen molar-refractivity contribution in [2.45, 2.75) is 12.5 Å². The Balaban J connectivity index is 1.45. The molecule has 1 unspecified atom stereocenters. The van der Waals surface area contributed by atoms with Crippen LogP contribution in [0.5, 0.6) is 5.75 Å². The van der Waals surface area contributed by atoms with Crippen LogP contribution in [0.25, 0.3) is 22.5 Å². The van der Waals surface area contributed by atoms with Gasteiger partial charge < -0.3 is 21.1 Å². The number of rotatable bonds is 7. The number of nitrogens with zero attached hydrogens (tertiary/aromatic N) is 2. The van der Waals surface area contributed by atoms with E-state index in [-0.39, 0.29) is 17.7 Å². The van der Waals surface area contributed by atoms with E-state index < -0.39 is 0 Å². The molecule has 1 aliphatic carbocycles. The summed E-state index contributed by atoms with van der Waals surface area (Å²) < 4.78 is 5.23. The second-order valence-electron chi connectivity index (χ2n) is 8.48. The summed E-state index contributed by atoms with van der Waals surface area (Å²) in [6, 6.07) is 12.6. The molecule has 1 amide bonds. The SMILES string of the molecule is COc1ccc(-c2n[nH]c3c2C(=O)c2c(NC(=O)C(CCN)N4CCNCC4)cccc2-3)cc1. The molecule has 0 saturated carbocycles. The molecule has 0 radical (unpaired) electrons. The van der Waals surface area contributed by atoms with Crippen molar-refractivity contribution in [1.82, 2.24) is 20.4 Å². The largest absolute Gasteiger partial charge is 0.497 e. The highest BCUT2D eigenvalue weighted by Gasteiger charge is 2.36. The molecule has 0 spiro atoms. The molecular weight excluding hydrogens is 432 g/mol. The number of H-pyrrole nitrogens is 1. The van der Waals surface area contributed by atoms with E-state index in [0.717, 1.165) is 43.1 Å². The van der Waals surface area contributed by atoms with Crippen LogP contribution in [0.1, 0.15) is 22.3 Å². The molecule has 2 heterocycles. The lowest BCUT2D eigenvalue weighted by Gasteiger charge is -2.34. The first-order valence-corrected chi connectivity index (χ1v) is 11.5. The molecule has 5 rings (SSSR count). The number of carbonyl (C=O) groups is 2. The molecular formula is C25H28N6O3. The Morgan fingerprint density at radius 3 is 2.65 bits per heavy atom. The van der Waals surface area contributed by atoms with E-state index in [4.69, 9.17) is 10.5 Å². The van der Waals surface area contributed by atoms with E-state index in [2.05, 4.69) is 25.7 Å². The van der Waals surface area contributed by atoms with Crippen LogP contribution >= 0.6 is 0 Å². The van der Waals surface area contributed by atoms with Crippen molar-refractivity contribution < 1.29 is 14.3 Å². The quantitative estimate of drug-likeness (QED) is 0.332. The molecule has 1 aliphatic heterocycles. The Bertz CT molecular complexity index is 1210. The highest BCUT2D eigenvalue weighted by atomic mass is 16.5. The zero-order valence-corrected chi connectivity index (χ0v) is 19.1. The minimum absolute atomic E-state index is 0.141. The number of aromatic amines is 1. The molecule has 1 atom stereocenters. The first-order valence-electron chi connectivity index (χ1n) is 11.5. The van der Waals surface area contributed by atoms with Gasteiger partial charge in [0.2, 0.25) is 5.91 Å². The second kappa shape index (κ2) is 9.38. The van der Waals surface area contributed by atoms with Gasteiger partial charge in [-0.1, -0.05) is 12.1 Å². The van der Waals surface area contributed by atoms with E-state index in [0.29, 0.717) is 41.2 Å². The van der Waals surface area contributed by atoms with Crippen molar-refractivity contribution in [2.75, 3.05) is 45.2 Å². The zero-order valence-electron chi connectivity index (χ0n) is 19.1. The third-order valence-electron chi connectivity index (χ3n) is 6.51. The van der Waals surface area contributed by atoms with Gasteiger partial charge in [-0.25, -0.2) is 0 Å². The summed E-state index contributed by atoms with van der Waals surface area (Å²) in [7, 11) is 1.61. The van der Waals surface area contributed by atoms with E-state index >= 15 is 0 Å². The highest BCUT2D eigenvalue weighted by Crippen LogP contribution is 2.43. The van der Waals surface area contributed by atoms with E-state index in [1.54, 1.807) is 13.2 Å². The van der Waals surface area contributed by atoms with Gasteiger partial charge >= 0.3 is 0 Å². The molecule has 3 aromatic rings. The first-order chi connectivity index (χ1) is 16.6. The van der Waals surface area contributed by atoms with E-state index in [1.807, 2.05) is 36.4 Å². The van der Waals surface area contributed by atoms with Crippen LogP contribution in [0.15, 0.2) is 42.5 Å². The fraction of sp³-hybridized carbons (Fsp3) is 0.320. The molecule has 5 N–H and O–H groups in total. The molecule has 176 valence electrons.